The molecule has 3 rings (SSSR count). The van der Waals surface area contributed by atoms with E-state index in [1.54, 1.807) is 12.1 Å². The highest BCUT2D eigenvalue weighted by Crippen LogP contribution is 2.20. The molecule has 0 N–H and O–H groups in total. The van der Waals surface area contributed by atoms with Crippen LogP contribution < -0.4 is 0 Å². The quantitative estimate of drug-likeness (QED) is 0.667. The number of hydrogen-bond donors (Lipinski definition) is 0. The standard InChI is InChI=1S/C18H14O3/c1-20-18(19)15-7-4-5-13(11-15)9-10-16-12-14-6-2-3-8-17(14)21-16/h2-12H,1H3. The first-order chi connectivity index (χ1) is 10.3. The molecule has 0 aliphatic rings. The molecule has 0 bridgehead atoms. The van der Waals surface area contributed by atoms with E-state index in [0.29, 0.717) is 5.56 Å². The highest BCUT2D eigenvalue weighted by atomic mass is 16.5. The summed E-state index contributed by atoms with van der Waals surface area (Å²) in [5.41, 5.74) is 2.31. The lowest BCUT2D eigenvalue weighted by molar-refractivity contribution is 0.0600. The van der Waals surface area contributed by atoms with Crippen LogP contribution in [0.2, 0.25) is 0 Å². The molecule has 21 heavy (non-hydrogen) atoms. The van der Waals surface area contributed by atoms with Crippen LogP contribution in [0.5, 0.6) is 0 Å². The second kappa shape index (κ2) is 5.67. The van der Waals surface area contributed by atoms with E-state index in [-0.39, 0.29) is 5.97 Å². The minimum Gasteiger partial charge on any atom is -0.465 e. The summed E-state index contributed by atoms with van der Waals surface area (Å²) in [6, 6.07) is 17.1. The van der Waals surface area contributed by atoms with Gasteiger partial charge in [0.2, 0.25) is 0 Å². The number of para-hydroxylation sites is 1. The predicted octanol–water partition coefficient (Wildman–Crippen LogP) is 4.39. The summed E-state index contributed by atoms with van der Waals surface area (Å²) in [6.45, 7) is 0. The first kappa shape index (κ1) is 13.2. The van der Waals surface area contributed by atoms with Gasteiger partial charge in [0.05, 0.1) is 12.7 Å². The molecule has 0 unspecified atom stereocenters. The number of fused-ring (bicyclic) bond motifs is 1. The maximum atomic E-state index is 11.5. The van der Waals surface area contributed by atoms with Crippen molar-refractivity contribution >= 4 is 29.1 Å². The zero-order valence-electron chi connectivity index (χ0n) is 11.6. The summed E-state index contributed by atoms with van der Waals surface area (Å²) in [4.78, 5) is 11.5. The topological polar surface area (TPSA) is 39.4 Å². The molecule has 3 heteroatoms. The molecule has 104 valence electrons. The fourth-order valence-electron chi connectivity index (χ4n) is 2.15. The smallest absolute Gasteiger partial charge is 0.337 e. The number of hydrogen-bond acceptors (Lipinski definition) is 3. The maximum Gasteiger partial charge on any atom is 0.337 e. The second-order valence-corrected chi connectivity index (χ2v) is 4.64. The van der Waals surface area contributed by atoms with Crippen molar-refractivity contribution in [3.8, 4) is 0 Å². The van der Waals surface area contributed by atoms with Crippen LogP contribution >= 0.6 is 0 Å². The van der Waals surface area contributed by atoms with Crippen LogP contribution in [0.3, 0.4) is 0 Å². The third kappa shape index (κ3) is 2.87. The SMILES string of the molecule is COC(=O)c1cccc(C=Cc2cc3ccccc3o2)c1. The number of carbonyl (C=O) groups is 1. The Labute approximate surface area is 122 Å². The van der Waals surface area contributed by atoms with Gasteiger partial charge in [-0.3, -0.25) is 0 Å². The van der Waals surface area contributed by atoms with Crippen molar-refractivity contribution in [2.45, 2.75) is 0 Å². The van der Waals surface area contributed by atoms with E-state index >= 15 is 0 Å². The average molecular weight is 278 g/mol. The molecule has 3 aromatic rings. The van der Waals surface area contributed by atoms with E-state index < -0.39 is 0 Å². The van der Waals surface area contributed by atoms with Gasteiger partial charge in [0.25, 0.3) is 0 Å². The Bertz CT molecular complexity index is 779. The number of ether oxygens (including phenoxy) is 1. The summed E-state index contributed by atoms with van der Waals surface area (Å²) in [7, 11) is 1.37. The number of carbonyl (C=O) groups excluding carboxylic acids is 1. The van der Waals surface area contributed by atoms with Gasteiger partial charge in [-0.15, -0.1) is 0 Å². The Kier molecular flexibility index (Phi) is 3.56. The molecule has 0 aliphatic heterocycles. The Morgan fingerprint density at radius 3 is 2.71 bits per heavy atom. The van der Waals surface area contributed by atoms with Crippen LogP contribution in [0.1, 0.15) is 21.7 Å². The van der Waals surface area contributed by atoms with Gasteiger partial charge in [0, 0.05) is 5.39 Å². The molecule has 0 spiro atoms. The van der Waals surface area contributed by atoms with Gasteiger partial charge in [0.15, 0.2) is 0 Å². The molecule has 0 saturated heterocycles. The highest BCUT2D eigenvalue weighted by Gasteiger charge is 2.04. The maximum absolute atomic E-state index is 11.5. The van der Waals surface area contributed by atoms with Crippen molar-refractivity contribution in [1.29, 1.82) is 0 Å². The molecule has 2 aromatic carbocycles. The van der Waals surface area contributed by atoms with Crippen LogP contribution in [0, 0.1) is 0 Å². The summed E-state index contributed by atoms with van der Waals surface area (Å²) in [5.74, 6) is 0.439. The molecule has 0 fully saturated rings. The van der Waals surface area contributed by atoms with Crippen molar-refractivity contribution in [2.24, 2.45) is 0 Å². The van der Waals surface area contributed by atoms with Crippen molar-refractivity contribution < 1.29 is 13.9 Å². The second-order valence-electron chi connectivity index (χ2n) is 4.64. The van der Waals surface area contributed by atoms with Gasteiger partial charge in [-0.2, -0.15) is 0 Å². The molecular formula is C18H14O3. The van der Waals surface area contributed by atoms with Gasteiger partial charge in [-0.1, -0.05) is 36.4 Å². The van der Waals surface area contributed by atoms with Crippen LogP contribution in [0.4, 0.5) is 0 Å². The zero-order valence-corrected chi connectivity index (χ0v) is 11.6. The Balaban J connectivity index is 1.87. The number of esters is 1. The number of furan rings is 1. The van der Waals surface area contributed by atoms with E-state index in [0.717, 1.165) is 22.3 Å². The first-order valence-electron chi connectivity index (χ1n) is 6.61. The summed E-state index contributed by atoms with van der Waals surface area (Å²) >= 11 is 0. The van der Waals surface area contributed by atoms with Crippen molar-refractivity contribution in [3.05, 3.63) is 71.5 Å². The van der Waals surface area contributed by atoms with E-state index in [2.05, 4.69) is 0 Å². The van der Waals surface area contributed by atoms with Gasteiger partial charge in [0.1, 0.15) is 11.3 Å². The Hall–Kier alpha value is -2.81. The fourth-order valence-corrected chi connectivity index (χ4v) is 2.15. The third-order valence-electron chi connectivity index (χ3n) is 3.19. The van der Waals surface area contributed by atoms with Crippen LogP contribution in [0.15, 0.2) is 59.0 Å². The fraction of sp³-hybridized carbons (Fsp3) is 0.0556. The molecule has 3 nitrogen and oxygen atoms in total. The largest absolute Gasteiger partial charge is 0.465 e. The van der Waals surface area contributed by atoms with Crippen molar-refractivity contribution in [2.75, 3.05) is 7.11 Å². The third-order valence-corrected chi connectivity index (χ3v) is 3.19. The summed E-state index contributed by atoms with van der Waals surface area (Å²) < 4.78 is 10.4. The molecular weight excluding hydrogens is 264 g/mol. The summed E-state index contributed by atoms with van der Waals surface area (Å²) in [5, 5.41) is 1.07. The van der Waals surface area contributed by atoms with Crippen LogP contribution in [-0.2, 0) is 4.74 Å². The molecule has 0 amide bonds. The molecule has 1 aromatic heterocycles. The van der Waals surface area contributed by atoms with Gasteiger partial charge in [-0.05, 0) is 35.9 Å². The van der Waals surface area contributed by atoms with Crippen LogP contribution in [0.25, 0.3) is 23.1 Å². The lowest BCUT2D eigenvalue weighted by atomic mass is 10.1. The average Bonchev–Trinajstić information content (AvgIpc) is 2.95. The van der Waals surface area contributed by atoms with E-state index in [1.165, 1.54) is 7.11 Å². The number of benzene rings is 2. The molecule has 0 saturated carbocycles. The molecule has 1 heterocycles. The summed E-state index contributed by atoms with van der Waals surface area (Å²) in [6.07, 6.45) is 3.79. The molecule has 0 radical (unpaired) electrons. The minimum atomic E-state index is -0.339. The Morgan fingerprint density at radius 1 is 1.05 bits per heavy atom. The monoisotopic (exact) mass is 278 g/mol. The lowest BCUT2D eigenvalue weighted by Crippen LogP contribution is -2.00. The number of methoxy groups -OCH3 is 1. The number of rotatable bonds is 3. The normalized spacial score (nSPS) is 11.1. The van der Waals surface area contributed by atoms with Gasteiger partial charge >= 0.3 is 5.97 Å². The Morgan fingerprint density at radius 2 is 1.90 bits per heavy atom. The first-order valence-corrected chi connectivity index (χ1v) is 6.61. The minimum absolute atomic E-state index is 0.339. The van der Waals surface area contributed by atoms with E-state index in [9.17, 15) is 4.79 Å². The molecule has 0 atom stereocenters. The van der Waals surface area contributed by atoms with Gasteiger partial charge < -0.3 is 9.15 Å². The highest BCUT2D eigenvalue weighted by molar-refractivity contribution is 5.90. The lowest BCUT2D eigenvalue weighted by Gasteiger charge is -1.99. The van der Waals surface area contributed by atoms with E-state index in [1.807, 2.05) is 54.6 Å². The van der Waals surface area contributed by atoms with Crippen LogP contribution in [-0.4, -0.2) is 13.1 Å². The van der Waals surface area contributed by atoms with Gasteiger partial charge in [-0.25, -0.2) is 4.79 Å². The molecule has 0 aliphatic carbocycles. The zero-order chi connectivity index (χ0) is 14.7. The van der Waals surface area contributed by atoms with Crippen molar-refractivity contribution in [3.63, 3.8) is 0 Å². The predicted molar refractivity (Wildman–Crippen MR) is 82.9 cm³/mol. The van der Waals surface area contributed by atoms with Crippen molar-refractivity contribution in [1.82, 2.24) is 0 Å². The van der Waals surface area contributed by atoms with E-state index in [4.69, 9.17) is 9.15 Å².